The topological polar surface area (TPSA) is 26.3 Å². The van der Waals surface area contributed by atoms with Crippen molar-refractivity contribution in [3.05, 3.63) is 0 Å². The minimum atomic E-state index is 0. The van der Waals surface area contributed by atoms with Gasteiger partial charge < -0.3 is 4.74 Å². The number of ether oxygens (including phenoxy) is 1. The van der Waals surface area contributed by atoms with Crippen LogP contribution in [0.4, 0.5) is 0 Å². The molecular formula is C5H11AlO2. The van der Waals surface area contributed by atoms with Gasteiger partial charge in [-0.15, -0.1) is 0 Å². The second kappa shape index (κ2) is 3.94. The molecule has 0 aromatic heterocycles. The predicted octanol–water partition coefficient (Wildman–Crippen LogP) is -0.472. The first kappa shape index (κ1) is 8.00. The lowest BCUT2D eigenvalue weighted by Gasteiger charge is -2.22. The van der Waals surface area contributed by atoms with Crippen molar-refractivity contribution in [3.63, 3.8) is 0 Å². The van der Waals surface area contributed by atoms with Gasteiger partial charge in [-0.2, -0.15) is 0 Å². The van der Waals surface area contributed by atoms with Crippen LogP contribution in [0.25, 0.3) is 0 Å². The van der Waals surface area contributed by atoms with Crippen molar-refractivity contribution in [1.29, 1.82) is 0 Å². The van der Waals surface area contributed by atoms with Gasteiger partial charge in [0.05, 0.1) is 0 Å². The summed E-state index contributed by atoms with van der Waals surface area (Å²) in [5.41, 5.74) is 0. The molecular weight excluding hydrogens is 119 g/mol. The van der Waals surface area contributed by atoms with Crippen molar-refractivity contribution in [3.8, 4) is 0 Å². The van der Waals surface area contributed by atoms with E-state index in [1.165, 1.54) is 6.42 Å². The summed E-state index contributed by atoms with van der Waals surface area (Å²) < 4.78 is 4.60. The van der Waals surface area contributed by atoms with E-state index in [2.05, 4.69) is 4.74 Å². The van der Waals surface area contributed by atoms with Crippen molar-refractivity contribution >= 4 is 23.8 Å². The fourth-order valence-electron chi connectivity index (χ4n) is 0.585. The molecule has 0 heterocycles. The van der Waals surface area contributed by atoms with E-state index < -0.39 is 0 Å². The molecule has 46 valence electrons. The summed E-state index contributed by atoms with van der Waals surface area (Å²) in [6.07, 6.45) is 3.62. The van der Waals surface area contributed by atoms with E-state index in [-0.39, 0.29) is 23.5 Å². The van der Waals surface area contributed by atoms with Gasteiger partial charge in [0.2, 0.25) is 0 Å². The number of carbonyl (C=O) groups is 1. The quantitative estimate of drug-likeness (QED) is 0.373. The maximum Gasteiger partial charge on any atom is 0.293 e. The van der Waals surface area contributed by atoms with Crippen molar-refractivity contribution in [2.75, 3.05) is 0 Å². The van der Waals surface area contributed by atoms with Crippen LogP contribution in [0.15, 0.2) is 0 Å². The second-order valence-corrected chi connectivity index (χ2v) is 1.79. The molecule has 0 aromatic rings. The first-order chi connectivity index (χ1) is 3.43. The summed E-state index contributed by atoms with van der Waals surface area (Å²) in [7, 11) is 0. The molecule has 0 spiro atoms. The Morgan fingerprint density at radius 2 is 2.12 bits per heavy atom. The van der Waals surface area contributed by atoms with Gasteiger partial charge >= 0.3 is 0 Å². The molecule has 2 nitrogen and oxygen atoms in total. The van der Waals surface area contributed by atoms with Gasteiger partial charge in [-0.3, -0.25) is 4.79 Å². The lowest BCUT2D eigenvalue weighted by molar-refractivity contribution is -0.137. The molecule has 0 unspecified atom stereocenters. The Bertz CT molecular complexity index is 70.8. The van der Waals surface area contributed by atoms with Gasteiger partial charge in [0.1, 0.15) is 6.10 Å². The number of hydrogen-bond acceptors (Lipinski definition) is 2. The normalized spacial score (nSPS) is 18.0. The molecule has 0 radical (unpaired) electrons. The van der Waals surface area contributed by atoms with Crippen molar-refractivity contribution in [2.45, 2.75) is 25.4 Å². The van der Waals surface area contributed by atoms with Crippen molar-refractivity contribution in [2.24, 2.45) is 0 Å². The summed E-state index contributed by atoms with van der Waals surface area (Å²) in [5.74, 6) is 0. The lowest BCUT2D eigenvalue weighted by atomic mass is 9.96. The molecule has 1 aliphatic rings. The highest BCUT2D eigenvalue weighted by molar-refractivity contribution is 5.75. The average molecular weight is 130 g/mol. The monoisotopic (exact) mass is 130 g/mol. The third-order valence-electron chi connectivity index (χ3n) is 1.30. The summed E-state index contributed by atoms with van der Waals surface area (Å²) >= 11 is 0. The van der Waals surface area contributed by atoms with E-state index in [4.69, 9.17) is 0 Å². The minimum Gasteiger partial charge on any atom is -0.465 e. The predicted molar refractivity (Wildman–Crippen MR) is 34.7 cm³/mol. The fraction of sp³-hybridized carbons (Fsp3) is 0.800. The highest BCUT2D eigenvalue weighted by Crippen LogP contribution is 2.20. The Morgan fingerprint density at radius 3 is 2.25 bits per heavy atom. The Kier molecular flexibility index (Phi) is 3.94. The van der Waals surface area contributed by atoms with Gasteiger partial charge in [0.15, 0.2) is 17.4 Å². The molecule has 0 bridgehead atoms. The van der Waals surface area contributed by atoms with E-state index >= 15 is 0 Å². The highest BCUT2D eigenvalue weighted by atomic mass is 27.0. The Hall–Kier alpha value is 0.00247. The summed E-state index contributed by atoms with van der Waals surface area (Å²) in [5, 5.41) is 0. The third kappa shape index (κ3) is 1.85. The average Bonchev–Trinajstić information content (AvgIpc) is 1.55. The van der Waals surface area contributed by atoms with E-state index in [0.29, 0.717) is 6.47 Å². The van der Waals surface area contributed by atoms with Crippen LogP contribution in [0.5, 0.6) is 0 Å². The number of rotatable bonds is 2. The molecule has 1 fully saturated rings. The van der Waals surface area contributed by atoms with Crippen LogP contribution < -0.4 is 0 Å². The first-order valence-electron chi connectivity index (χ1n) is 2.52. The fourth-order valence-corrected chi connectivity index (χ4v) is 0.585. The molecule has 0 aliphatic heterocycles. The molecule has 1 aliphatic carbocycles. The smallest absolute Gasteiger partial charge is 0.293 e. The molecule has 0 saturated heterocycles. The van der Waals surface area contributed by atoms with Crippen LogP contribution in [0.2, 0.25) is 0 Å². The molecule has 1 rings (SSSR count). The van der Waals surface area contributed by atoms with E-state index in [0.717, 1.165) is 12.8 Å². The third-order valence-corrected chi connectivity index (χ3v) is 1.30. The van der Waals surface area contributed by atoms with Gasteiger partial charge in [-0.25, -0.2) is 0 Å². The van der Waals surface area contributed by atoms with Crippen molar-refractivity contribution < 1.29 is 9.53 Å². The highest BCUT2D eigenvalue weighted by Gasteiger charge is 2.17. The molecule has 8 heavy (non-hydrogen) atoms. The Morgan fingerprint density at radius 1 is 1.50 bits per heavy atom. The largest absolute Gasteiger partial charge is 0.465 e. The minimum absolute atomic E-state index is 0. The molecule has 1 saturated carbocycles. The SMILES string of the molecule is O=COC1CCC1.[AlH3]. The molecule has 0 N–H and O–H groups in total. The summed E-state index contributed by atoms with van der Waals surface area (Å²) in [6, 6.07) is 0. The van der Waals surface area contributed by atoms with Crippen LogP contribution in [-0.4, -0.2) is 29.9 Å². The van der Waals surface area contributed by atoms with Crippen LogP contribution in [0.1, 0.15) is 19.3 Å². The van der Waals surface area contributed by atoms with E-state index in [9.17, 15) is 4.79 Å². The van der Waals surface area contributed by atoms with Gasteiger partial charge in [-0.05, 0) is 19.3 Å². The zero-order valence-corrected chi connectivity index (χ0v) is 4.09. The zero-order valence-electron chi connectivity index (χ0n) is 4.09. The first-order valence-corrected chi connectivity index (χ1v) is 2.52. The van der Waals surface area contributed by atoms with Crippen LogP contribution >= 0.6 is 0 Å². The van der Waals surface area contributed by atoms with E-state index in [1.807, 2.05) is 0 Å². The molecule has 0 atom stereocenters. The second-order valence-electron chi connectivity index (χ2n) is 1.79. The standard InChI is InChI=1S/C5H8O2.Al.3H/c6-4-7-5-2-1-3-5;;;;/h4-5H,1-3H2;;;;. The number of carbonyl (C=O) groups excluding carboxylic acids is 1. The maximum atomic E-state index is 9.59. The number of hydrogen-bond donors (Lipinski definition) is 0. The van der Waals surface area contributed by atoms with E-state index in [1.54, 1.807) is 0 Å². The van der Waals surface area contributed by atoms with Crippen molar-refractivity contribution in [1.82, 2.24) is 0 Å². The summed E-state index contributed by atoms with van der Waals surface area (Å²) in [6.45, 7) is 0.532. The van der Waals surface area contributed by atoms with Crippen LogP contribution in [-0.2, 0) is 9.53 Å². The maximum absolute atomic E-state index is 9.59. The van der Waals surface area contributed by atoms with Crippen LogP contribution in [0, 0.1) is 0 Å². The molecule has 0 amide bonds. The van der Waals surface area contributed by atoms with Crippen LogP contribution in [0.3, 0.4) is 0 Å². The zero-order chi connectivity index (χ0) is 5.11. The van der Waals surface area contributed by atoms with Gasteiger partial charge in [0.25, 0.3) is 6.47 Å². The van der Waals surface area contributed by atoms with Gasteiger partial charge in [0, 0.05) is 0 Å². The molecule has 3 heteroatoms. The lowest BCUT2D eigenvalue weighted by Crippen LogP contribution is -2.20. The Balaban J connectivity index is 0.000000490. The summed E-state index contributed by atoms with van der Waals surface area (Å²) in [4.78, 5) is 9.59. The molecule has 0 aromatic carbocycles. The van der Waals surface area contributed by atoms with Gasteiger partial charge in [-0.1, -0.05) is 0 Å². The Labute approximate surface area is 59.3 Å².